The van der Waals surface area contributed by atoms with Crippen LogP contribution in [0.25, 0.3) is 5.69 Å². The summed E-state index contributed by atoms with van der Waals surface area (Å²) in [4.78, 5) is 15.5. The van der Waals surface area contributed by atoms with Crippen LogP contribution in [0.2, 0.25) is 0 Å². The number of rotatable bonds is 4. The van der Waals surface area contributed by atoms with Gasteiger partial charge >= 0.3 is 0 Å². The van der Waals surface area contributed by atoms with E-state index < -0.39 is 0 Å². The number of carbonyl (C=O) groups excluding carboxylic acids is 1. The Morgan fingerprint density at radius 2 is 2.25 bits per heavy atom. The van der Waals surface area contributed by atoms with E-state index in [4.69, 9.17) is 0 Å². The maximum absolute atomic E-state index is 12.6. The first-order chi connectivity index (χ1) is 11.8. The Kier molecular flexibility index (Phi) is 3.73. The Balaban J connectivity index is 1.59. The Morgan fingerprint density at radius 1 is 1.33 bits per heavy atom. The number of hydrogen-bond donors (Lipinski definition) is 1. The van der Waals surface area contributed by atoms with E-state index in [0.29, 0.717) is 10.6 Å². The van der Waals surface area contributed by atoms with Crippen molar-refractivity contribution in [3.05, 3.63) is 46.4 Å². The van der Waals surface area contributed by atoms with Gasteiger partial charge in [0.2, 0.25) is 0 Å². The molecule has 2 aromatic heterocycles. The van der Waals surface area contributed by atoms with Crippen molar-refractivity contribution in [2.75, 3.05) is 23.3 Å². The molecule has 1 aliphatic heterocycles. The highest BCUT2D eigenvalue weighted by atomic mass is 32.1. The number of tetrazole rings is 1. The van der Waals surface area contributed by atoms with Gasteiger partial charge < -0.3 is 10.2 Å². The lowest BCUT2D eigenvalue weighted by Crippen LogP contribution is -2.19. The van der Waals surface area contributed by atoms with E-state index in [-0.39, 0.29) is 5.91 Å². The van der Waals surface area contributed by atoms with Gasteiger partial charge in [0, 0.05) is 24.5 Å². The Labute approximate surface area is 142 Å². The van der Waals surface area contributed by atoms with E-state index in [9.17, 15) is 4.79 Å². The van der Waals surface area contributed by atoms with Gasteiger partial charge in [-0.15, -0.1) is 16.4 Å². The van der Waals surface area contributed by atoms with E-state index in [1.807, 2.05) is 23.6 Å². The first-order valence-electron chi connectivity index (χ1n) is 7.76. The second-order valence-corrected chi connectivity index (χ2v) is 6.43. The smallest absolute Gasteiger partial charge is 0.267 e. The molecule has 0 atom stereocenters. The van der Waals surface area contributed by atoms with Crippen LogP contribution < -0.4 is 10.2 Å². The summed E-state index contributed by atoms with van der Waals surface area (Å²) in [5, 5.41) is 15.9. The Morgan fingerprint density at radius 3 is 3.04 bits per heavy atom. The molecular formula is C16H16N6OS. The molecule has 0 radical (unpaired) electrons. The predicted octanol–water partition coefficient (Wildman–Crippen LogP) is 2.36. The Hall–Kier alpha value is -2.74. The summed E-state index contributed by atoms with van der Waals surface area (Å²) in [6.45, 7) is 4.15. The summed E-state index contributed by atoms with van der Waals surface area (Å²) >= 11 is 1.37. The first kappa shape index (κ1) is 14.8. The van der Waals surface area contributed by atoms with Crippen LogP contribution in [-0.4, -0.2) is 39.2 Å². The molecule has 3 aromatic rings. The molecule has 0 aliphatic carbocycles. The second kappa shape index (κ2) is 6.04. The molecule has 122 valence electrons. The van der Waals surface area contributed by atoms with Crippen LogP contribution in [0.1, 0.15) is 22.2 Å². The summed E-state index contributed by atoms with van der Waals surface area (Å²) in [7, 11) is 0. The number of nitrogens with zero attached hydrogens (tertiary/aromatic N) is 5. The molecule has 4 rings (SSSR count). The van der Waals surface area contributed by atoms with Crippen LogP contribution in [0.3, 0.4) is 0 Å². The van der Waals surface area contributed by atoms with Crippen LogP contribution in [0.15, 0.2) is 36.0 Å². The third kappa shape index (κ3) is 2.54. The molecule has 0 bridgehead atoms. The molecule has 0 fully saturated rings. The number of fused-ring (bicyclic) bond motifs is 1. The van der Waals surface area contributed by atoms with E-state index in [1.54, 1.807) is 0 Å². The third-order valence-electron chi connectivity index (χ3n) is 4.16. The van der Waals surface area contributed by atoms with Gasteiger partial charge in [-0.2, -0.15) is 4.68 Å². The van der Waals surface area contributed by atoms with Crippen molar-refractivity contribution in [2.24, 2.45) is 0 Å². The average molecular weight is 340 g/mol. The number of likely N-dealkylation sites (N-methyl/N-ethyl adjacent to an activating group) is 1. The van der Waals surface area contributed by atoms with Crippen molar-refractivity contribution in [3.63, 3.8) is 0 Å². The second-order valence-electron chi connectivity index (χ2n) is 5.52. The number of thiophene rings is 1. The summed E-state index contributed by atoms with van der Waals surface area (Å²) in [6, 6.07) is 7.93. The van der Waals surface area contributed by atoms with Gasteiger partial charge in [-0.1, -0.05) is 6.07 Å². The molecular weight excluding hydrogens is 324 g/mol. The molecule has 0 unspecified atom stereocenters. The molecule has 0 spiro atoms. The molecule has 7 nitrogen and oxygen atoms in total. The zero-order valence-corrected chi connectivity index (χ0v) is 14.0. The van der Waals surface area contributed by atoms with Crippen molar-refractivity contribution in [3.8, 4) is 5.69 Å². The number of aromatic nitrogens is 4. The number of carbonyl (C=O) groups is 1. The molecule has 1 amide bonds. The van der Waals surface area contributed by atoms with Crippen molar-refractivity contribution in [1.29, 1.82) is 0 Å². The van der Waals surface area contributed by atoms with Crippen molar-refractivity contribution >= 4 is 28.6 Å². The van der Waals surface area contributed by atoms with Gasteiger partial charge in [0.15, 0.2) is 0 Å². The first-order valence-corrected chi connectivity index (χ1v) is 8.64. The fourth-order valence-electron chi connectivity index (χ4n) is 2.96. The minimum atomic E-state index is -0.156. The summed E-state index contributed by atoms with van der Waals surface area (Å²) < 4.78 is 1.49. The number of benzene rings is 1. The van der Waals surface area contributed by atoms with Crippen LogP contribution in [0, 0.1) is 0 Å². The third-order valence-corrected chi connectivity index (χ3v) is 5.07. The predicted molar refractivity (Wildman–Crippen MR) is 93.0 cm³/mol. The number of anilines is 2. The molecule has 0 saturated carbocycles. The maximum atomic E-state index is 12.6. The standard InChI is InChI=1S/C16H16N6OS/c1-2-21-7-5-11-3-4-12(9-14(11)21)18-16(23)15-13(6-8-24-15)22-10-17-19-20-22/h3-4,6,8-10H,2,5,7H2,1H3,(H,18,23). The van der Waals surface area contributed by atoms with Crippen LogP contribution in [-0.2, 0) is 6.42 Å². The topological polar surface area (TPSA) is 75.9 Å². The molecule has 24 heavy (non-hydrogen) atoms. The van der Waals surface area contributed by atoms with Crippen molar-refractivity contribution in [1.82, 2.24) is 20.2 Å². The number of amides is 1. The van der Waals surface area contributed by atoms with Crippen LogP contribution >= 0.6 is 11.3 Å². The lowest BCUT2D eigenvalue weighted by atomic mass is 10.1. The fourth-order valence-corrected chi connectivity index (χ4v) is 3.74. The molecule has 1 N–H and O–H groups in total. The van der Waals surface area contributed by atoms with Gasteiger partial charge in [0.05, 0.1) is 5.69 Å². The van der Waals surface area contributed by atoms with E-state index in [2.05, 4.69) is 38.7 Å². The highest BCUT2D eigenvalue weighted by Crippen LogP contribution is 2.31. The lowest BCUT2D eigenvalue weighted by molar-refractivity contribution is 0.103. The highest BCUT2D eigenvalue weighted by Gasteiger charge is 2.20. The van der Waals surface area contributed by atoms with Gasteiger partial charge in [0.1, 0.15) is 11.2 Å². The Bertz CT molecular complexity index is 873. The zero-order valence-electron chi connectivity index (χ0n) is 13.1. The molecule has 1 aliphatic rings. The normalized spacial score (nSPS) is 13.1. The number of nitrogens with one attached hydrogen (secondary N) is 1. The quantitative estimate of drug-likeness (QED) is 0.789. The van der Waals surface area contributed by atoms with Crippen LogP contribution in [0.4, 0.5) is 11.4 Å². The fraction of sp³-hybridized carbons (Fsp3) is 0.250. The average Bonchev–Trinajstić information content (AvgIpc) is 3.33. The van der Waals surface area contributed by atoms with E-state index >= 15 is 0 Å². The van der Waals surface area contributed by atoms with Crippen molar-refractivity contribution in [2.45, 2.75) is 13.3 Å². The van der Waals surface area contributed by atoms with Crippen LogP contribution in [0.5, 0.6) is 0 Å². The largest absolute Gasteiger partial charge is 0.371 e. The minimum absolute atomic E-state index is 0.156. The maximum Gasteiger partial charge on any atom is 0.267 e. The summed E-state index contributed by atoms with van der Waals surface area (Å²) in [6.07, 6.45) is 2.54. The molecule has 0 saturated heterocycles. The zero-order chi connectivity index (χ0) is 16.5. The highest BCUT2D eigenvalue weighted by molar-refractivity contribution is 7.12. The summed E-state index contributed by atoms with van der Waals surface area (Å²) in [5.41, 5.74) is 4.02. The van der Waals surface area contributed by atoms with Gasteiger partial charge in [0.25, 0.3) is 5.91 Å². The number of hydrogen-bond acceptors (Lipinski definition) is 6. The molecule has 1 aromatic carbocycles. The monoisotopic (exact) mass is 340 g/mol. The van der Waals surface area contributed by atoms with Gasteiger partial charge in [-0.3, -0.25) is 4.79 Å². The van der Waals surface area contributed by atoms with Crippen molar-refractivity contribution < 1.29 is 4.79 Å². The SMILES string of the molecule is CCN1CCc2ccc(NC(=O)c3sccc3-n3cnnn3)cc21. The summed E-state index contributed by atoms with van der Waals surface area (Å²) in [5.74, 6) is -0.156. The van der Waals surface area contributed by atoms with E-state index in [1.165, 1.54) is 33.6 Å². The molecule has 8 heteroatoms. The van der Waals surface area contributed by atoms with Gasteiger partial charge in [-0.05, 0) is 52.9 Å². The lowest BCUT2D eigenvalue weighted by Gasteiger charge is -2.17. The molecule has 3 heterocycles. The minimum Gasteiger partial charge on any atom is -0.371 e. The van der Waals surface area contributed by atoms with Gasteiger partial charge in [-0.25, -0.2) is 0 Å². The van der Waals surface area contributed by atoms with E-state index in [0.717, 1.165) is 25.2 Å².